The van der Waals surface area contributed by atoms with Crippen LogP contribution in [-0.2, 0) is 6.42 Å². The smallest absolute Gasteiger partial charge is 0.0997 e. The van der Waals surface area contributed by atoms with Crippen molar-refractivity contribution < 1.29 is 0 Å². The van der Waals surface area contributed by atoms with E-state index in [0.717, 1.165) is 61.2 Å². The lowest BCUT2D eigenvalue weighted by atomic mass is 9.87. The molecule has 3 rings (SSSR count). The minimum Gasteiger partial charge on any atom is -0.316 e. The number of nitrogens with one attached hydrogen (secondary N) is 2. The van der Waals surface area contributed by atoms with E-state index in [1.54, 1.807) is 0 Å². The summed E-state index contributed by atoms with van der Waals surface area (Å²) in [6.07, 6.45) is 7.97. The van der Waals surface area contributed by atoms with E-state index in [1.807, 2.05) is 6.20 Å². The minimum atomic E-state index is 0.874. The summed E-state index contributed by atoms with van der Waals surface area (Å²) in [5, 5.41) is 20.0. The van der Waals surface area contributed by atoms with Crippen molar-refractivity contribution in [2.75, 3.05) is 13.1 Å². The molecule has 1 saturated heterocycles. The molecule has 1 fully saturated rings. The van der Waals surface area contributed by atoms with Crippen molar-refractivity contribution in [3.63, 3.8) is 0 Å². The number of nitrogens with zero attached hydrogens (tertiary/aromatic N) is 2. The van der Waals surface area contributed by atoms with Crippen LogP contribution in [0.25, 0.3) is 5.57 Å². The molecular formula is C14H16N4. The maximum absolute atomic E-state index is 9.49. The SMILES string of the molecule is N#CC(C1=CCCc2[nH]ncc21)=C1CCNCC1. The maximum Gasteiger partial charge on any atom is 0.0997 e. The molecule has 0 aromatic carbocycles. The first-order valence-corrected chi connectivity index (χ1v) is 6.46. The highest BCUT2D eigenvalue weighted by Gasteiger charge is 2.21. The highest BCUT2D eigenvalue weighted by molar-refractivity contribution is 5.85. The normalized spacial score (nSPS) is 18.8. The summed E-state index contributed by atoms with van der Waals surface area (Å²) in [4.78, 5) is 0. The van der Waals surface area contributed by atoms with Crippen LogP contribution in [0, 0.1) is 11.3 Å². The van der Waals surface area contributed by atoms with Crippen LogP contribution in [0.1, 0.15) is 30.5 Å². The Morgan fingerprint density at radius 1 is 1.28 bits per heavy atom. The van der Waals surface area contributed by atoms with Gasteiger partial charge in [-0.1, -0.05) is 6.08 Å². The highest BCUT2D eigenvalue weighted by atomic mass is 15.1. The van der Waals surface area contributed by atoms with Crippen molar-refractivity contribution in [3.05, 3.63) is 34.7 Å². The van der Waals surface area contributed by atoms with Gasteiger partial charge in [-0.2, -0.15) is 10.4 Å². The molecule has 1 aromatic rings. The minimum absolute atomic E-state index is 0.874. The van der Waals surface area contributed by atoms with Gasteiger partial charge in [-0.3, -0.25) is 5.10 Å². The number of piperidine rings is 1. The molecule has 0 atom stereocenters. The monoisotopic (exact) mass is 240 g/mol. The third kappa shape index (κ3) is 1.87. The zero-order chi connectivity index (χ0) is 12.4. The van der Waals surface area contributed by atoms with Gasteiger partial charge in [-0.05, 0) is 49.9 Å². The first-order chi connectivity index (χ1) is 8.90. The molecule has 4 heteroatoms. The van der Waals surface area contributed by atoms with Crippen LogP contribution in [0.3, 0.4) is 0 Å². The summed E-state index contributed by atoms with van der Waals surface area (Å²) < 4.78 is 0. The number of aromatic amines is 1. The lowest BCUT2D eigenvalue weighted by Crippen LogP contribution is -2.24. The van der Waals surface area contributed by atoms with Crippen molar-refractivity contribution in [3.8, 4) is 6.07 Å². The Morgan fingerprint density at radius 3 is 2.89 bits per heavy atom. The average Bonchev–Trinajstić information content (AvgIpc) is 2.90. The van der Waals surface area contributed by atoms with Crippen molar-refractivity contribution >= 4 is 5.57 Å². The van der Waals surface area contributed by atoms with Gasteiger partial charge in [0, 0.05) is 11.3 Å². The Hall–Kier alpha value is -1.86. The molecule has 0 radical (unpaired) electrons. The Kier molecular flexibility index (Phi) is 2.99. The van der Waals surface area contributed by atoms with E-state index in [-0.39, 0.29) is 0 Å². The fourth-order valence-corrected chi connectivity index (χ4v) is 2.75. The summed E-state index contributed by atoms with van der Waals surface area (Å²) in [5.41, 5.74) is 5.53. The quantitative estimate of drug-likeness (QED) is 0.737. The van der Waals surface area contributed by atoms with Gasteiger partial charge in [-0.15, -0.1) is 0 Å². The zero-order valence-electron chi connectivity index (χ0n) is 10.3. The molecule has 0 amide bonds. The molecule has 2 N–H and O–H groups in total. The molecule has 2 heterocycles. The molecule has 4 nitrogen and oxygen atoms in total. The molecule has 0 spiro atoms. The number of rotatable bonds is 1. The van der Waals surface area contributed by atoms with E-state index < -0.39 is 0 Å². The summed E-state index contributed by atoms with van der Waals surface area (Å²) in [7, 11) is 0. The van der Waals surface area contributed by atoms with Crippen LogP contribution in [0.15, 0.2) is 23.4 Å². The number of H-pyrrole nitrogens is 1. The zero-order valence-corrected chi connectivity index (χ0v) is 10.3. The predicted molar refractivity (Wildman–Crippen MR) is 69.6 cm³/mol. The van der Waals surface area contributed by atoms with Gasteiger partial charge in [0.2, 0.25) is 0 Å². The van der Waals surface area contributed by atoms with Gasteiger partial charge in [0.05, 0.1) is 17.8 Å². The van der Waals surface area contributed by atoms with Crippen molar-refractivity contribution in [2.45, 2.75) is 25.7 Å². The van der Waals surface area contributed by atoms with E-state index in [1.165, 1.54) is 5.57 Å². The Labute approximate surface area is 106 Å². The number of hydrogen-bond acceptors (Lipinski definition) is 3. The van der Waals surface area contributed by atoms with Gasteiger partial charge in [-0.25, -0.2) is 0 Å². The molecule has 1 aliphatic carbocycles. The van der Waals surface area contributed by atoms with Crippen LogP contribution in [0.2, 0.25) is 0 Å². The largest absolute Gasteiger partial charge is 0.316 e. The molecule has 0 bridgehead atoms. The topological polar surface area (TPSA) is 64.5 Å². The first-order valence-electron chi connectivity index (χ1n) is 6.46. The van der Waals surface area contributed by atoms with Crippen molar-refractivity contribution in [1.29, 1.82) is 5.26 Å². The number of nitriles is 1. The number of aromatic nitrogens is 2. The van der Waals surface area contributed by atoms with Crippen LogP contribution in [-0.4, -0.2) is 23.3 Å². The third-order valence-corrected chi connectivity index (χ3v) is 3.69. The third-order valence-electron chi connectivity index (χ3n) is 3.69. The van der Waals surface area contributed by atoms with Gasteiger partial charge >= 0.3 is 0 Å². The number of aryl methyl sites for hydroxylation is 1. The first kappa shape index (κ1) is 11.2. The van der Waals surface area contributed by atoms with E-state index in [4.69, 9.17) is 0 Å². The summed E-state index contributed by atoms with van der Waals surface area (Å²) in [5.74, 6) is 0. The summed E-state index contributed by atoms with van der Waals surface area (Å²) in [6, 6.07) is 2.41. The Balaban J connectivity index is 2.03. The van der Waals surface area contributed by atoms with Crippen LogP contribution in [0.4, 0.5) is 0 Å². The van der Waals surface area contributed by atoms with Crippen molar-refractivity contribution in [1.82, 2.24) is 15.5 Å². The number of fused-ring (bicyclic) bond motifs is 1. The summed E-state index contributed by atoms with van der Waals surface area (Å²) >= 11 is 0. The van der Waals surface area contributed by atoms with Gasteiger partial charge in [0.15, 0.2) is 0 Å². The second kappa shape index (κ2) is 4.79. The van der Waals surface area contributed by atoms with Gasteiger partial charge < -0.3 is 5.32 Å². The van der Waals surface area contributed by atoms with Gasteiger partial charge in [0.25, 0.3) is 0 Å². The van der Waals surface area contributed by atoms with Crippen molar-refractivity contribution in [2.24, 2.45) is 0 Å². The Morgan fingerprint density at radius 2 is 2.11 bits per heavy atom. The average molecular weight is 240 g/mol. The standard InChI is InChI=1S/C14H16N4/c15-8-12(10-4-6-16-7-5-10)11-2-1-3-14-13(11)9-17-18-14/h2,9,16H,1,3-7H2,(H,17,18). The fraction of sp³-hybridized carbons (Fsp3) is 0.429. The number of allylic oxidation sites excluding steroid dienone is 3. The molecule has 92 valence electrons. The highest BCUT2D eigenvalue weighted by Crippen LogP contribution is 2.33. The second-order valence-electron chi connectivity index (χ2n) is 4.76. The fourth-order valence-electron chi connectivity index (χ4n) is 2.75. The van der Waals surface area contributed by atoms with Crippen LogP contribution >= 0.6 is 0 Å². The van der Waals surface area contributed by atoms with E-state index in [9.17, 15) is 5.26 Å². The lowest BCUT2D eigenvalue weighted by Gasteiger charge is -2.20. The second-order valence-corrected chi connectivity index (χ2v) is 4.76. The molecule has 18 heavy (non-hydrogen) atoms. The van der Waals surface area contributed by atoms with E-state index in [2.05, 4.69) is 27.7 Å². The predicted octanol–water partition coefficient (Wildman–Crippen LogP) is 1.94. The van der Waals surface area contributed by atoms with E-state index >= 15 is 0 Å². The van der Waals surface area contributed by atoms with Gasteiger partial charge in [0.1, 0.15) is 0 Å². The number of hydrogen-bond donors (Lipinski definition) is 2. The maximum atomic E-state index is 9.49. The molecule has 2 aliphatic rings. The Bertz CT molecular complexity index is 549. The molecule has 0 saturated carbocycles. The molecule has 0 unspecified atom stereocenters. The molecular weight excluding hydrogens is 224 g/mol. The molecule has 1 aliphatic heterocycles. The lowest BCUT2D eigenvalue weighted by molar-refractivity contribution is 0.608. The van der Waals surface area contributed by atoms with Crippen LogP contribution in [0.5, 0.6) is 0 Å². The summed E-state index contributed by atoms with van der Waals surface area (Å²) in [6.45, 7) is 1.96. The van der Waals surface area contributed by atoms with Crippen LogP contribution < -0.4 is 5.32 Å². The van der Waals surface area contributed by atoms with E-state index in [0.29, 0.717) is 0 Å². The molecule has 1 aromatic heterocycles.